The Kier molecular flexibility index (Phi) is 2.89. The van der Waals surface area contributed by atoms with E-state index in [0.717, 1.165) is 10.9 Å². The summed E-state index contributed by atoms with van der Waals surface area (Å²) in [7, 11) is 0. The van der Waals surface area contributed by atoms with Gasteiger partial charge < -0.3 is 4.74 Å². The zero-order chi connectivity index (χ0) is 13.2. The molecule has 0 aliphatic rings. The molecule has 0 spiro atoms. The number of hydrogen-bond donors (Lipinski definition) is 0. The molecule has 0 fully saturated rings. The lowest BCUT2D eigenvalue weighted by atomic mass is 10.2. The van der Waals surface area contributed by atoms with Crippen LogP contribution in [0.3, 0.4) is 0 Å². The van der Waals surface area contributed by atoms with E-state index in [1.807, 2.05) is 30.3 Å². The highest BCUT2D eigenvalue weighted by molar-refractivity contribution is 6.29. The van der Waals surface area contributed by atoms with E-state index in [2.05, 4.69) is 9.97 Å². The van der Waals surface area contributed by atoms with Crippen LogP contribution in [0, 0.1) is 0 Å². The lowest BCUT2D eigenvalue weighted by Crippen LogP contribution is -2.16. The van der Waals surface area contributed by atoms with Gasteiger partial charge in [0.15, 0.2) is 0 Å². The fourth-order valence-electron chi connectivity index (χ4n) is 1.75. The van der Waals surface area contributed by atoms with Crippen molar-refractivity contribution in [3.63, 3.8) is 0 Å². The molecule has 6 heteroatoms. The third-order valence-corrected chi connectivity index (χ3v) is 2.80. The summed E-state index contributed by atoms with van der Waals surface area (Å²) in [5.74, 6) is 0.114. The van der Waals surface area contributed by atoms with Crippen molar-refractivity contribution in [2.45, 2.75) is 0 Å². The number of halogens is 1. The molecule has 2 heterocycles. The first kappa shape index (κ1) is 11.7. The van der Waals surface area contributed by atoms with Crippen LogP contribution in [-0.2, 0) is 0 Å². The summed E-state index contributed by atoms with van der Waals surface area (Å²) >= 11 is 5.70. The SMILES string of the molecule is O=C(Oc1cc(Cl)ncn1)n1ccc2ccccc21. The maximum absolute atomic E-state index is 12.0. The van der Waals surface area contributed by atoms with E-state index in [-0.39, 0.29) is 11.0 Å². The molecular formula is C13H8ClN3O2. The Hall–Kier alpha value is -2.40. The number of carbonyl (C=O) groups excluding carboxylic acids is 1. The first-order chi connectivity index (χ1) is 9.24. The van der Waals surface area contributed by atoms with Crippen molar-refractivity contribution in [2.75, 3.05) is 0 Å². The monoisotopic (exact) mass is 273 g/mol. The van der Waals surface area contributed by atoms with Crippen LogP contribution >= 0.6 is 11.6 Å². The van der Waals surface area contributed by atoms with Crippen LogP contribution in [0.15, 0.2) is 48.9 Å². The van der Waals surface area contributed by atoms with Gasteiger partial charge in [-0.05, 0) is 12.1 Å². The van der Waals surface area contributed by atoms with Gasteiger partial charge in [-0.1, -0.05) is 29.8 Å². The van der Waals surface area contributed by atoms with Crippen LogP contribution in [0.1, 0.15) is 0 Å². The average molecular weight is 274 g/mol. The van der Waals surface area contributed by atoms with Crippen LogP contribution < -0.4 is 4.74 Å². The predicted molar refractivity (Wildman–Crippen MR) is 70.4 cm³/mol. The Morgan fingerprint density at radius 2 is 2.05 bits per heavy atom. The molecule has 3 aromatic rings. The molecule has 0 N–H and O–H groups in total. The predicted octanol–water partition coefficient (Wildman–Crippen LogP) is 3.13. The summed E-state index contributed by atoms with van der Waals surface area (Å²) in [5, 5.41) is 1.18. The van der Waals surface area contributed by atoms with Crippen molar-refractivity contribution >= 4 is 28.6 Å². The van der Waals surface area contributed by atoms with Crippen molar-refractivity contribution in [3.8, 4) is 5.88 Å². The molecule has 0 unspecified atom stereocenters. The molecule has 94 valence electrons. The van der Waals surface area contributed by atoms with E-state index >= 15 is 0 Å². The second-order valence-electron chi connectivity index (χ2n) is 3.79. The summed E-state index contributed by atoms with van der Waals surface area (Å²) in [6.07, 6.45) is 2.34. The fraction of sp³-hybridized carbons (Fsp3) is 0. The second-order valence-corrected chi connectivity index (χ2v) is 4.18. The topological polar surface area (TPSA) is 57.0 Å². The third kappa shape index (κ3) is 2.28. The Bertz CT molecular complexity index is 754. The molecule has 3 rings (SSSR count). The number of rotatable bonds is 1. The number of carbonyl (C=O) groups is 1. The zero-order valence-electron chi connectivity index (χ0n) is 9.65. The van der Waals surface area contributed by atoms with Crippen molar-refractivity contribution in [1.29, 1.82) is 0 Å². The summed E-state index contributed by atoms with van der Waals surface area (Å²) in [5.41, 5.74) is 0.771. The highest BCUT2D eigenvalue weighted by Crippen LogP contribution is 2.17. The highest BCUT2D eigenvalue weighted by atomic mass is 35.5. The van der Waals surface area contributed by atoms with E-state index in [9.17, 15) is 4.79 Å². The van der Waals surface area contributed by atoms with Gasteiger partial charge in [0.25, 0.3) is 0 Å². The van der Waals surface area contributed by atoms with Crippen molar-refractivity contribution in [2.24, 2.45) is 0 Å². The van der Waals surface area contributed by atoms with E-state index in [1.54, 1.807) is 6.20 Å². The van der Waals surface area contributed by atoms with Gasteiger partial charge in [0.2, 0.25) is 5.88 Å². The molecule has 0 saturated carbocycles. The van der Waals surface area contributed by atoms with Crippen molar-refractivity contribution < 1.29 is 9.53 Å². The molecule has 1 aromatic carbocycles. The molecule has 0 bridgehead atoms. The van der Waals surface area contributed by atoms with Gasteiger partial charge in [-0.25, -0.2) is 14.8 Å². The Morgan fingerprint density at radius 3 is 2.89 bits per heavy atom. The fourth-order valence-corrected chi connectivity index (χ4v) is 1.89. The van der Waals surface area contributed by atoms with Gasteiger partial charge in [0.05, 0.1) is 5.52 Å². The minimum atomic E-state index is -0.545. The van der Waals surface area contributed by atoms with Gasteiger partial charge in [-0.2, -0.15) is 0 Å². The molecule has 2 aromatic heterocycles. The number of fused-ring (bicyclic) bond motifs is 1. The molecule has 0 atom stereocenters. The molecule has 19 heavy (non-hydrogen) atoms. The maximum atomic E-state index is 12.0. The van der Waals surface area contributed by atoms with Crippen LogP contribution in [0.5, 0.6) is 5.88 Å². The normalized spacial score (nSPS) is 10.6. The van der Waals surface area contributed by atoms with Crippen molar-refractivity contribution in [3.05, 3.63) is 54.1 Å². The van der Waals surface area contributed by atoms with Crippen LogP contribution in [0.2, 0.25) is 5.15 Å². The number of ether oxygens (including phenoxy) is 1. The number of benzene rings is 1. The first-order valence-electron chi connectivity index (χ1n) is 5.50. The smallest absolute Gasteiger partial charge is 0.390 e. The number of hydrogen-bond acceptors (Lipinski definition) is 4. The van der Waals surface area contributed by atoms with Gasteiger partial charge in [-0.3, -0.25) is 4.57 Å². The van der Waals surface area contributed by atoms with Gasteiger partial charge in [0.1, 0.15) is 11.5 Å². The molecule has 0 radical (unpaired) electrons. The summed E-state index contributed by atoms with van der Waals surface area (Å²) < 4.78 is 6.54. The van der Waals surface area contributed by atoms with Crippen LogP contribution in [0.25, 0.3) is 10.9 Å². The van der Waals surface area contributed by atoms with E-state index in [0.29, 0.717) is 0 Å². The molecule has 0 saturated heterocycles. The Labute approximate surface area is 113 Å². The average Bonchev–Trinajstić information content (AvgIpc) is 2.82. The summed E-state index contributed by atoms with van der Waals surface area (Å²) in [4.78, 5) is 19.6. The van der Waals surface area contributed by atoms with Crippen molar-refractivity contribution in [1.82, 2.24) is 14.5 Å². The minimum Gasteiger partial charge on any atom is -0.390 e. The van der Waals surface area contributed by atoms with E-state index < -0.39 is 6.09 Å². The largest absolute Gasteiger partial charge is 0.425 e. The standard InChI is InChI=1S/C13H8ClN3O2/c14-11-7-12(16-8-15-11)19-13(18)17-6-5-9-3-1-2-4-10(9)17/h1-8H. The van der Waals surface area contributed by atoms with Gasteiger partial charge >= 0.3 is 6.09 Å². The van der Waals surface area contributed by atoms with Gasteiger partial charge in [0, 0.05) is 17.6 Å². The van der Waals surface area contributed by atoms with Gasteiger partial charge in [-0.15, -0.1) is 0 Å². The highest BCUT2D eigenvalue weighted by Gasteiger charge is 2.11. The maximum Gasteiger partial charge on any atom is 0.425 e. The molecule has 0 aliphatic carbocycles. The molecule has 0 amide bonds. The third-order valence-electron chi connectivity index (χ3n) is 2.60. The Morgan fingerprint density at radius 1 is 1.21 bits per heavy atom. The van der Waals surface area contributed by atoms with E-state index in [4.69, 9.17) is 16.3 Å². The second kappa shape index (κ2) is 4.70. The lowest BCUT2D eigenvalue weighted by Gasteiger charge is -2.04. The van der Waals surface area contributed by atoms with Crippen LogP contribution in [-0.4, -0.2) is 20.6 Å². The van der Waals surface area contributed by atoms with Crippen LogP contribution in [0.4, 0.5) is 4.79 Å². The number of aromatic nitrogens is 3. The first-order valence-corrected chi connectivity index (χ1v) is 5.88. The lowest BCUT2D eigenvalue weighted by molar-refractivity contribution is 0.201. The van der Waals surface area contributed by atoms with E-state index in [1.165, 1.54) is 17.0 Å². The molecule has 5 nitrogen and oxygen atoms in total. The summed E-state index contributed by atoms with van der Waals surface area (Å²) in [6.45, 7) is 0. The summed E-state index contributed by atoms with van der Waals surface area (Å²) in [6, 6.07) is 10.7. The zero-order valence-corrected chi connectivity index (χ0v) is 10.4. The quantitative estimate of drug-likeness (QED) is 0.639. The number of nitrogens with zero attached hydrogens (tertiary/aromatic N) is 3. The number of para-hydroxylation sites is 1. The molecular weight excluding hydrogens is 266 g/mol. The Balaban J connectivity index is 1.92. The molecule has 0 aliphatic heterocycles. The minimum absolute atomic E-state index is 0.114.